The van der Waals surface area contributed by atoms with Crippen LogP contribution in [0.4, 0.5) is 13.2 Å². The number of aromatic nitrogens is 1. The van der Waals surface area contributed by atoms with Gasteiger partial charge in [-0.1, -0.05) is 35.1 Å². The largest absolute Gasteiger partial charge is 0.465 e. The Balaban J connectivity index is 2.06. The first-order valence-corrected chi connectivity index (χ1v) is 10.5. The van der Waals surface area contributed by atoms with Crippen LogP contribution in [-0.4, -0.2) is 23.3 Å². The fraction of sp³-hybridized carbons (Fsp3) is 0.190. The number of benzene rings is 1. The molecule has 1 aliphatic heterocycles. The molecule has 2 aromatic heterocycles. The van der Waals surface area contributed by atoms with Gasteiger partial charge in [0.1, 0.15) is 5.76 Å². The van der Waals surface area contributed by atoms with Crippen LogP contribution in [0, 0.1) is 0 Å². The second-order valence-corrected chi connectivity index (χ2v) is 8.08. The normalized spacial score (nSPS) is 16.7. The molecule has 0 fully saturated rings. The molecule has 1 atom stereocenters. The van der Waals surface area contributed by atoms with E-state index < -0.39 is 35.0 Å². The number of ether oxygens (including phenoxy) is 1. The quantitative estimate of drug-likeness (QED) is 0.533. The molecule has 0 saturated carbocycles. The molecular weight excluding hydrogens is 469 g/mol. The smallest absolute Gasteiger partial charge is 0.434 e. The molecule has 1 aromatic carbocycles. The van der Waals surface area contributed by atoms with Crippen molar-refractivity contribution in [3.63, 3.8) is 0 Å². The van der Waals surface area contributed by atoms with Gasteiger partial charge >= 0.3 is 12.1 Å². The van der Waals surface area contributed by atoms with Gasteiger partial charge in [0, 0.05) is 11.1 Å². The highest BCUT2D eigenvalue weighted by Gasteiger charge is 2.45. The van der Waals surface area contributed by atoms with Crippen molar-refractivity contribution in [1.29, 1.82) is 0 Å². The predicted molar refractivity (Wildman–Crippen MR) is 111 cm³/mol. The number of fused-ring (bicyclic) bond motifs is 1. The summed E-state index contributed by atoms with van der Waals surface area (Å²) in [7, 11) is 0. The molecule has 6 nitrogen and oxygen atoms in total. The third-order valence-corrected chi connectivity index (χ3v) is 5.83. The fourth-order valence-electron chi connectivity index (χ4n) is 3.30. The van der Waals surface area contributed by atoms with Gasteiger partial charge in [-0.05, 0) is 36.8 Å². The van der Waals surface area contributed by atoms with Gasteiger partial charge in [-0.3, -0.25) is 9.36 Å². The third-order valence-electron chi connectivity index (χ3n) is 4.60. The third kappa shape index (κ3) is 4.03. The van der Waals surface area contributed by atoms with Gasteiger partial charge in [0.15, 0.2) is 10.5 Å². The lowest BCUT2D eigenvalue weighted by Crippen LogP contribution is -2.41. The Bertz CT molecular complexity index is 1370. The minimum absolute atomic E-state index is 0.101. The molecule has 3 aromatic rings. The average Bonchev–Trinajstić information content (AvgIpc) is 3.35. The second kappa shape index (κ2) is 8.44. The van der Waals surface area contributed by atoms with Crippen LogP contribution in [0.3, 0.4) is 0 Å². The van der Waals surface area contributed by atoms with E-state index in [1.54, 1.807) is 12.1 Å². The first-order valence-electron chi connectivity index (χ1n) is 9.30. The van der Waals surface area contributed by atoms with E-state index in [-0.39, 0.29) is 21.5 Å². The summed E-state index contributed by atoms with van der Waals surface area (Å²) in [6.45, 7) is 1.32. The van der Waals surface area contributed by atoms with Gasteiger partial charge in [-0.25, -0.2) is 9.79 Å². The number of rotatable bonds is 4. The SMILES string of the molecule is CCOC(=O)C1=C(C(F)(F)F)N=c2s/c(=C\c3ccco3)c(=O)n2[C@H]1c1ccc(Cl)cc1. The van der Waals surface area contributed by atoms with Crippen LogP contribution in [-0.2, 0) is 9.53 Å². The maximum atomic E-state index is 14.0. The van der Waals surface area contributed by atoms with E-state index in [0.29, 0.717) is 10.8 Å². The van der Waals surface area contributed by atoms with Crippen molar-refractivity contribution in [2.24, 2.45) is 4.99 Å². The lowest BCUT2D eigenvalue weighted by atomic mass is 9.95. The van der Waals surface area contributed by atoms with E-state index in [2.05, 4.69) is 4.99 Å². The molecule has 0 bridgehead atoms. The number of halogens is 4. The van der Waals surface area contributed by atoms with Crippen LogP contribution in [0.2, 0.25) is 5.02 Å². The number of hydrogen-bond donors (Lipinski definition) is 0. The number of carbonyl (C=O) groups excluding carboxylic acids is 1. The predicted octanol–water partition coefficient (Wildman–Crippen LogP) is 3.59. The fourth-order valence-corrected chi connectivity index (χ4v) is 4.41. The van der Waals surface area contributed by atoms with E-state index in [1.165, 1.54) is 43.5 Å². The number of thiazole rings is 1. The Morgan fingerprint density at radius 1 is 1.31 bits per heavy atom. The monoisotopic (exact) mass is 482 g/mol. The first-order chi connectivity index (χ1) is 15.2. The molecule has 1 aliphatic rings. The number of furan rings is 1. The number of alkyl halides is 3. The van der Waals surface area contributed by atoms with E-state index in [4.69, 9.17) is 20.8 Å². The molecule has 4 rings (SSSR count). The Kier molecular flexibility index (Phi) is 5.83. The van der Waals surface area contributed by atoms with Crippen molar-refractivity contribution in [1.82, 2.24) is 4.57 Å². The van der Waals surface area contributed by atoms with Gasteiger partial charge in [-0.2, -0.15) is 13.2 Å². The first kappa shape index (κ1) is 22.1. The summed E-state index contributed by atoms with van der Waals surface area (Å²) in [4.78, 5) is 29.4. The van der Waals surface area contributed by atoms with Crippen molar-refractivity contribution < 1.29 is 27.1 Å². The summed E-state index contributed by atoms with van der Waals surface area (Å²) in [5.74, 6) is -0.859. The van der Waals surface area contributed by atoms with E-state index in [9.17, 15) is 22.8 Å². The summed E-state index contributed by atoms with van der Waals surface area (Å²) in [6.07, 6.45) is -2.15. The Hall–Kier alpha value is -3.11. The highest BCUT2D eigenvalue weighted by atomic mass is 35.5. The van der Waals surface area contributed by atoms with Crippen molar-refractivity contribution >= 4 is 35.0 Å². The zero-order chi connectivity index (χ0) is 23.0. The van der Waals surface area contributed by atoms with Crippen molar-refractivity contribution in [3.8, 4) is 0 Å². The lowest BCUT2D eigenvalue weighted by Gasteiger charge is -2.26. The van der Waals surface area contributed by atoms with Crippen molar-refractivity contribution in [3.05, 3.63) is 90.0 Å². The molecule has 3 heterocycles. The second-order valence-electron chi connectivity index (χ2n) is 6.63. The molecule has 166 valence electrons. The minimum Gasteiger partial charge on any atom is -0.465 e. The van der Waals surface area contributed by atoms with Crippen LogP contribution in [0.5, 0.6) is 0 Å². The van der Waals surface area contributed by atoms with Crippen molar-refractivity contribution in [2.45, 2.75) is 19.1 Å². The topological polar surface area (TPSA) is 73.8 Å². The van der Waals surface area contributed by atoms with Gasteiger partial charge in [0.25, 0.3) is 5.56 Å². The number of nitrogens with zero attached hydrogens (tertiary/aromatic N) is 2. The van der Waals surface area contributed by atoms with Crippen LogP contribution in [0.15, 0.2) is 68.1 Å². The van der Waals surface area contributed by atoms with Crippen molar-refractivity contribution in [2.75, 3.05) is 6.61 Å². The highest BCUT2D eigenvalue weighted by molar-refractivity contribution is 7.07. The number of allylic oxidation sites excluding steroid dienone is 1. The van der Waals surface area contributed by atoms with Crippen LogP contribution < -0.4 is 14.9 Å². The van der Waals surface area contributed by atoms with E-state index in [0.717, 1.165) is 15.9 Å². The molecular formula is C21H14ClF3N2O4S. The average molecular weight is 483 g/mol. The standard InChI is InChI=1S/C21H14ClF3N2O4S/c1-2-30-19(29)15-16(11-5-7-12(22)8-6-11)27-18(28)14(10-13-4-3-9-31-13)32-20(27)26-17(15)21(23,24)25/h3-10,16H,2H2,1H3/b14-10-/t16-/m0/s1. The highest BCUT2D eigenvalue weighted by Crippen LogP contribution is 2.38. The molecule has 11 heteroatoms. The maximum Gasteiger partial charge on any atom is 0.434 e. The number of carbonyl (C=O) groups is 1. The molecule has 0 amide bonds. The zero-order valence-corrected chi connectivity index (χ0v) is 17.9. The molecule has 0 saturated heterocycles. The molecule has 0 radical (unpaired) electrons. The zero-order valence-electron chi connectivity index (χ0n) is 16.4. The molecule has 32 heavy (non-hydrogen) atoms. The summed E-state index contributed by atoms with van der Waals surface area (Å²) < 4.78 is 53.2. The molecule has 0 spiro atoms. The van der Waals surface area contributed by atoms with Crippen LogP contribution in [0.1, 0.15) is 24.3 Å². The number of esters is 1. The minimum atomic E-state index is -4.96. The summed E-state index contributed by atoms with van der Waals surface area (Å²) in [6, 6.07) is 7.64. The van der Waals surface area contributed by atoms with Gasteiger partial charge < -0.3 is 9.15 Å². The molecule has 0 aliphatic carbocycles. The summed E-state index contributed by atoms with van der Waals surface area (Å²) in [5.41, 5.74) is -2.53. The van der Waals surface area contributed by atoms with Gasteiger partial charge in [-0.15, -0.1) is 0 Å². The Labute approximate surface area is 187 Å². The van der Waals surface area contributed by atoms with Gasteiger partial charge in [0.05, 0.1) is 29.0 Å². The Morgan fingerprint density at radius 2 is 2.03 bits per heavy atom. The van der Waals surface area contributed by atoms with Crippen LogP contribution in [0.25, 0.3) is 6.08 Å². The van der Waals surface area contributed by atoms with E-state index in [1.807, 2.05) is 0 Å². The van der Waals surface area contributed by atoms with Gasteiger partial charge in [0.2, 0.25) is 0 Å². The molecule has 0 N–H and O–H groups in total. The molecule has 0 unspecified atom stereocenters. The summed E-state index contributed by atoms with van der Waals surface area (Å²) >= 11 is 6.70. The van der Waals surface area contributed by atoms with E-state index >= 15 is 0 Å². The lowest BCUT2D eigenvalue weighted by molar-refractivity contribution is -0.140. The van der Waals surface area contributed by atoms with Crippen LogP contribution >= 0.6 is 22.9 Å². The maximum absolute atomic E-state index is 14.0. The number of hydrogen-bond acceptors (Lipinski definition) is 6. The summed E-state index contributed by atoms with van der Waals surface area (Å²) in [5, 5.41) is 0.344. The Morgan fingerprint density at radius 3 is 2.62 bits per heavy atom.